The van der Waals surface area contributed by atoms with Crippen LogP contribution < -0.4 is 5.32 Å². The van der Waals surface area contributed by atoms with Crippen LogP contribution in [0.3, 0.4) is 0 Å². The van der Waals surface area contributed by atoms with Gasteiger partial charge in [0.25, 0.3) is 0 Å². The molecule has 0 bridgehead atoms. The summed E-state index contributed by atoms with van der Waals surface area (Å²) in [6, 6.07) is 7.62. The van der Waals surface area contributed by atoms with Gasteiger partial charge in [0, 0.05) is 6.04 Å². The molecule has 0 saturated heterocycles. The van der Waals surface area contributed by atoms with Gasteiger partial charge in [-0.05, 0) is 67.2 Å². The second-order valence-corrected chi connectivity index (χ2v) is 7.01. The van der Waals surface area contributed by atoms with Crippen molar-refractivity contribution in [3.63, 3.8) is 0 Å². The summed E-state index contributed by atoms with van der Waals surface area (Å²) < 4.78 is 0. The van der Waals surface area contributed by atoms with Crippen LogP contribution in [0.1, 0.15) is 62.1 Å². The fraction of sp³-hybridized carbons (Fsp3) is 0.579. The maximum atomic E-state index is 3.44. The van der Waals surface area contributed by atoms with E-state index in [0.29, 0.717) is 11.3 Å². The van der Waals surface area contributed by atoms with Gasteiger partial charge in [-0.2, -0.15) is 0 Å². The van der Waals surface area contributed by atoms with Crippen molar-refractivity contribution < 1.29 is 0 Å². The first-order valence-electron chi connectivity index (χ1n) is 8.12. The average Bonchev–Trinajstić information content (AvgIpc) is 2.47. The van der Waals surface area contributed by atoms with Gasteiger partial charge >= 0.3 is 0 Å². The van der Waals surface area contributed by atoms with Gasteiger partial charge in [0.05, 0.1) is 0 Å². The molecule has 0 aromatic heterocycles. The summed E-state index contributed by atoms with van der Waals surface area (Å²) in [5, 5.41) is 3.44. The zero-order valence-electron chi connectivity index (χ0n) is 13.5. The summed E-state index contributed by atoms with van der Waals surface area (Å²) in [5.74, 6) is 0.615. The molecule has 21 heavy (non-hydrogen) atoms. The molecule has 1 spiro atoms. The third kappa shape index (κ3) is 3.19. The first-order chi connectivity index (χ1) is 9.63. The minimum atomic E-state index is 0. The molecule has 3 rings (SSSR count). The van der Waals surface area contributed by atoms with Crippen molar-refractivity contribution in [1.82, 2.24) is 5.32 Å². The van der Waals surface area contributed by atoms with Crippen LogP contribution in [-0.4, -0.2) is 13.1 Å². The van der Waals surface area contributed by atoms with E-state index in [2.05, 4.69) is 56.6 Å². The number of nitrogens with one attached hydrogen (secondary N) is 1. The van der Waals surface area contributed by atoms with Crippen molar-refractivity contribution in [2.75, 3.05) is 7.05 Å². The quantitative estimate of drug-likeness (QED) is 0.815. The van der Waals surface area contributed by atoms with Crippen LogP contribution in [0, 0.1) is 5.41 Å². The van der Waals surface area contributed by atoms with Crippen molar-refractivity contribution >= 4 is 18.5 Å². The maximum Gasteiger partial charge on any atom is 0.00647 e. The molecular formula is C19H28ClN. The summed E-state index contributed by atoms with van der Waals surface area (Å²) in [6.07, 6.45) is 11.5. The highest BCUT2D eigenvalue weighted by atomic mass is 35.5. The summed E-state index contributed by atoms with van der Waals surface area (Å²) in [5.41, 5.74) is 5.03. The number of fused-ring (bicyclic) bond motifs is 1. The van der Waals surface area contributed by atoms with Crippen molar-refractivity contribution in [2.45, 2.75) is 57.9 Å². The molecule has 0 aliphatic heterocycles. The molecule has 1 saturated carbocycles. The van der Waals surface area contributed by atoms with E-state index >= 15 is 0 Å². The van der Waals surface area contributed by atoms with Crippen LogP contribution in [0.2, 0.25) is 0 Å². The Morgan fingerprint density at radius 3 is 2.52 bits per heavy atom. The molecular weight excluding hydrogens is 278 g/mol. The number of hydrogen-bond acceptors (Lipinski definition) is 1. The van der Waals surface area contributed by atoms with E-state index in [1.807, 2.05) is 0 Å². The summed E-state index contributed by atoms with van der Waals surface area (Å²) in [7, 11) is 2.10. The lowest BCUT2D eigenvalue weighted by Crippen LogP contribution is -2.37. The van der Waals surface area contributed by atoms with Crippen molar-refractivity contribution in [2.24, 2.45) is 5.41 Å². The summed E-state index contributed by atoms with van der Waals surface area (Å²) in [6.45, 7) is 4.60. The lowest BCUT2D eigenvalue weighted by atomic mass is 9.66. The zero-order valence-corrected chi connectivity index (χ0v) is 14.3. The molecule has 1 aromatic rings. The van der Waals surface area contributed by atoms with E-state index in [-0.39, 0.29) is 12.4 Å². The first-order valence-corrected chi connectivity index (χ1v) is 8.12. The molecule has 0 unspecified atom stereocenters. The van der Waals surface area contributed by atoms with Gasteiger partial charge in [0.15, 0.2) is 0 Å². The number of rotatable bonds is 2. The van der Waals surface area contributed by atoms with Gasteiger partial charge in [0.2, 0.25) is 0 Å². The average molecular weight is 306 g/mol. The zero-order chi connectivity index (χ0) is 14.2. The molecule has 1 fully saturated rings. The predicted molar refractivity (Wildman–Crippen MR) is 94.3 cm³/mol. The van der Waals surface area contributed by atoms with E-state index in [4.69, 9.17) is 0 Å². The van der Waals surface area contributed by atoms with Gasteiger partial charge in [-0.3, -0.25) is 0 Å². The highest BCUT2D eigenvalue weighted by molar-refractivity contribution is 5.85. The van der Waals surface area contributed by atoms with Gasteiger partial charge in [-0.1, -0.05) is 44.2 Å². The van der Waals surface area contributed by atoms with Crippen LogP contribution in [0.4, 0.5) is 0 Å². The van der Waals surface area contributed by atoms with Crippen LogP contribution in [-0.2, 0) is 6.42 Å². The van der Waals surface area contributed by atoms with Gasteiger partial charge in [-0.25, -0.2) is 0 Å². The van der Waals surface area contributed by atoms with Crippen molar-refractivity contribution in [1.29, 1.82) is 0 Å². The molecule has 116 valence electrons. The molecule has 2 heteroatoms. The standard InChI is InChI=1S/C19H27N.ClH/c1-14(2)17-6-4-5-15-13-19(12-9-18(15)17)10-7-16(20-3)8-11-19;/h4-6,9,12,14,16,20H,7-8,10-11,13H2,1-3H3;1H. The fourth-order valence-electron chi connectivity index (χ4n) is 4.02. The molecule has 2 aliphatic carbocycles. The van der Waals surface area contributed by atoms with E-state index in [9.17, 15) is 0 Å². The Bertz CT molecular complexity index is 510. The molecule has 1 N–H and O–H groups in total. The maximum absolute atomic E-state index is 3.44. The minimum Gasteiger partial charge on any atom is -0.317 e. The molecule has 0 amide bonds. The van der Waals surface area contributed by atoms with E-state index in [1.54, 1.807) is 5.56 Å². The Hall–Kier alpha value is -0.790. The highest BCUT2D eigenvalue weighted by Gasteiger charge is 2.35. The van der Waals surface area contributed by atoms with Gasteiger partial charge in [0.1, 0.15) is 0 Å². The lowest BCUT2D eigenvalue weighted by molar-refractivity contribution is 0.220. The normalized spacial score (nSPS) is 27.5. The number of allylic oxidation sites excluding steroid dienone is 1. The van der Waals surface area contributed by atoms with Gasteiger partial charge in [-0.15, -0.1) is 12.4 Å². The summed E-state index contributed by atoms with van der Waals surface area (Å²) >= 11 is 0. The number of halogens is 1. The molecule has 1 aromatic carbocycles. The summed E-state index contributed by atoms with van der Waals surface area (Å²) in [4.78, 5) is 0. The third-order valence-electron chi connectivity index (χ3n) is 5.39. The van der Waals surface area contributed by atoms with Crippen LogP contribution in [0.25, 0.3) is 6.08 Å². The number of hydrogen-bond donors (Lipinski definition) is 1. The SMILES string of the molecule is CNC1CCC2(C=Cc3c(cccc3C(C)C)C2)CC1.Cl. The smallest absolute Gasteiger partial charge is 0.00647 e. The van der Waals surface area contributed by atoms with E-state index < -0.39 is 0 Å². The molecule has 0 heterocycles. The van der Waals surface area contributed by atoms with Crippen molar-refractivity contribution in [3.05, 3.63) is 41.0 Å². The minimum absolute atomic E-state index is 0. The molecule has 1 nitrogen and oxygen atoms in total. The van der Waals surface area contributed by atoms with Crippen LogP contribution in [0.5, 0.6) is 0 Å². The van der Waals surface area contributed by atoms with Crippen LogP contribution in [0.15, 0.2) is 24.3 Å². The van der Waals surface area contributed by atoms with Crippen molar-refractivity contribution in [3.8, 4) is 0 Å². The largest absolute Gasteiger partial charge is 0.317 e. The Morgan fingerprint density at radius 1 is 1.19 bits per heavy atom. The Morgan fingerprint density at radius 2 is 1.90 bits per heavy atom. The molecule has 2 aliphatic rings. The fourth-order valence-corrected chi connectivity index (χ4v) is 4.02. The third-order valence-corrected chi connectivity index (χ3v) is 5.39. The Labute approximate surface area is 135 Å². The van der Waals surface area contributed by atoms with E-state index in [1.165, 1.54) is 43.2 Å². The highest BCUT2D eigenvalue weighted by Crippen LogP contribution is 2.45. The molecule has 0 radical (unpaired) electrons. The molecule has 0 atom stereocenters. The first kappa shape index (κ1) is 16.6. The van der Waals surface area contributed by atoms with E-state index in [0.717, 1.165) is 6.04 Å². The number of benzene rings is 1. The predicted octanol–water partition coefficient (Wildman–Crippen LogP) is 4.95. The Kier molecular flexibility index (Phi) is 5.16. The Balaban J connectivity index is 0.00000161. The monoisotopic (exact) mass is 305 g/mol. The van der Waals surface area contributed by atoms with Gasteiger partial charge < -0.3 is 5.32 Å². The second-order valence-electron chi connectivity index (χ2n) is 7.01. The topological polar surface area (TPSA) is 12.0 Å². The lowest BCUT2D eigenvalue weighted by Gasteiger charge is -2.41. The van der Waals surface area contributed by atoms with Crippen LogP contribution >= 0.6 is 12.4 Å². The second kappa shape index (κ2) is 6.54.